The van der Waals surface area contributed by atoms with Crippen molar-refractivity contribution in [1.29, 1.82) is 0 Å². The van der Waals surface area contributed by atoms with Crippen LogP contribution in [-0.4, -0.2) is 24.5 Å². The van der Waals surface area contributed by atoms with Gasteiger partial charge in [-0.1, -0.05) is 0 Å². The molecular formula is C26H46OSn. The molecule has 1 aromatic rings. The van der Waals surface area contributed by atoms with E-state index in [0.29, 0.717) is 6.10 Å². The van der Waals surface area contributed by atoms with Crippen LogP contribution in [0.4, 0.5) is 0 Å². The number of unbranched alkanes of at least 4 members (excludes halogenated alkanes) is 4. The van der Waals surface area contributed by atoms with E-state index < -0.39 is 18.4 Å². The summed E-state index contributed by atoms with van der Waals surface area (Å²) in [6.45, 7) is 10.1. The van der Waals surface area contributed by atoms with Crippen molar-refractivity contribution < 1.29 is 4.74 Å². The Morgan fingerprint density at radius 1 is 0.786 bits per heavy atom. The van der Waals surface area contributed by atoms with Crippen LogP contribution < -0.4 is 0 Å². The Labute approximate surface area is 180 Å². The minimum atomic E-state index is -2.20. The standard InChI is InChI=1S/C14H19O.3C4H9.Sn/c1-3-5-11-14(4-2)15-12-13-9-7-6-8-10-13;3*1-3-4-2;/h2,4,6-10,14H,3,5,11-12H2,1H3;3*1,3-4H2,2H3;. The summed E-state index contributed by atoms with van der Waals surface area (Å²) in [5, 5.41) is 0. The Hall–Kier alpha value is -0.281. The first-order valence-corrected chi connectivity index (χ1v) is 19.7. The first-order chi connectivity index (χ1) is 13.7. The molecule has 0 amide bonds. The fourth-order valence-corrected chi connectivity index (χ4v) is 18.3. The SMILES string of the molecule is CCCCC(/C=[CH]/[Sn]([CH2]CCC)([CH2]CCC)[CH2]CCC)OCc1ccccc1. The van der Waals surface area contributed by atoms with Gasteiger partial charge in [-0.25, -0.2) is 0 Å². The Kier molecular flexibility index (Phi) is 15.2. The van der Waals surface area contributed by atoms with Gasteiger partial charge >= 0.3 is 181 Å². The molecule has 0 aliphatic heterocycles. The molecule has 28 heavy (non-hydrogen) atoms. The van der Waals surface area contributed by atoms with E-state index in [2.05, 4.69) is 68.2 Å². The molecule has 0 heterocycles. The molecule has 1 atom stereocenters. The number of ether oxygens (including phenoxy) is 1. The molecule has 0 aromatic heterocycles. The monoisotopic (exact) mass is 494 g/mol. The summed E-state index contributed by atoms with van der Waals surface area (Å²) in [4.78, 5) is 0. The van der Waals surface area contributed by atoms with Gasteiger partial charge in [0, 0.05) is 0 Å². The van der Waals surface area contributed by atoms with E-state index in [1.165, 1.54) is 56.9 Å². The molecule has 0 spiro atoms. The van der Waals surface area contributed by atoms with Crippen molar-refractivity contribution in [1.82, 2.24) is 0 Å². The Morgan fingerprint density at radius 3 is 1.82 bits per heavy atom. The molecule has 1 nitrogen and oxygen atoms in total. The number of benzene rings is 1. The van der Waals surface area contributed by atoms with Gasteiger partial charge in [-0.2, -0.15) is 0 Å². The second-order valence-electron chi connectivity index (χ2n) is 8.51. The van der Waals surface area contributed by atoms with Crippen molar-refractivity contribution >= 4 is 18.4 Å². The van der Waals surface area contributed by atoms with Crippen LogP contribution in [0.2, 0.25) is 13.3 Å². The van der Waals surface area contributed by atoms with Gasteiger partial charge in [0.05, 0.1) is 0 Å². The van der Waals surface area contributed by atoms with E-state index >= 15 is 0 Å². The fourth-order valence-electron chi connectivity index (χ4n) is 3.94. The predicted molar refractivity (Wildman–Crippen MR) is 129 cm³/mol. The number of hydrogen-bond donors (Lipinski definition) is 0. The van der Waals surface area contributed by atoms with Crippen molar-refractivity contribution in [3.63, 3.8) is 0 Å². The molecule has 0 saturated carbocycles. The summed E-state index contributed by atoms with van der Waals surface area (Å²) in [5.74, 6) is 0. The Morgan fingerprint density at radius 2 is 1.32 bits per heavy atom. The maximum absolute atomic E-state index is 6.39. The second-order valence-corrected chi connectivity index (χ2v) is 21.5. The van der Waals surface area contributed by atoms with Crippen LogP contribution >= 0.6 is 0 Å². The van der Waals surface area contributed by atoms with Gasteiger partial charge in [0.15, 0.2) is 0 Å². The molecule has 0 fully saturated rings. The van der Waals surface area contributed by atoms with E-state index in [1.54, 1.807) is 13.3 Å². The summed E-state index contributed by atoms with van der Waals surface area (Å²) in [6.07, 6.45) is 14.8. The number of rotatable bonds is 17. The van der Waals surface area contributed by atoms with Gasteiger partial charge < -0.3 is 0 Å². The molecule has 0 saturated heterocycles. The van der Waals surface area contributed by atoms with Gasteiger partial charge in [0.25, 0.3) is 0 Å². The van der Waals surface area contributed by atoms with Crippen molar-refractivity contribution in [2.45, 2.75) is 112 Å². The Bertz CT molecular complexity index is 475. The topological polar surface area (TPSA) is 9.23 Å². The molecule has 0 radical (unpaired) electrons. The van der Waals surface area contributed by atoms with Crippen LogP contribution in [0.5, 0.6) is 0 Å². The zero-order valence-electron chi connectivity index (χ0n) is 19.2. The summed E-state index contributed by atoms with van der Waals surface area (Å²) < 4.78 is 13.8. The second kappa shape index (κ2) is 16.5. The van der Waals surface area contributed by atoms with E-state index in [4.69, 9.17) is 4.74 Å². The van der Waals surface area contributed by atoms with Crippen LogP contribution in [0.25, 0.3) is 0 Å². The minimum absolute atomic E-state index is 0.293. The van der Waals surface area contributed by atoms with Crippen molar-refractivity contribution in [2.24, 2.45) is 0 Å². The summed E-state index contributed by atoms with van der Waals surface area (Å²) in [5.41, 5.74) is 1.29. The van der Waals surface area contributed by atoms with Crippen LogP contribution in [0.15, 0.2) is 40.5 Å². The van der Waals surface area contributed by atoms with Crippen molar-refractivity contribution in [2.75, 3.05) is 0 Å². The zero-order valence-corrected chi connectivity index (χ0v) is 22.1. The fraction of sp³-hybridized carbons (Fsp3) is 0.692. The quantitative estimate of drug-likeness (QED) is 0.197. The molecule has 1 rings (SSSR count). The maximum atomic E-state index is 6.39. The van der Waals surface area contributed by atoms with Crippen molar-refractivity contribution in [3.05, 3.63) is 46.1 Å². The van der Waals surface area contributed by atoms with Gasteiger partial charge in [-0.05, 0) is 0 Å². The van der Waals surface area contributed by atoms with Crippen LogP contribution in [0.3, 0.4) is 0 Å². The Balaban J connectivity index is 2.87. The van der Waals surface area contributed by atoms with E-state index in [9.17, 15) is 0 Å². The molecule has 0 aliphatic carbocycles. The van der Waals surface area contributed by atoms with E-state index in [1.807, 2.05) is 0 Å². The first kappa shape index (κ1) is 25.8. The molecule has 2 heteroatoms. The molecule has 160 valence electrons. The molecule has 0 N–H and O–H groups in total. The van der Waals surface area contributed by atoms with Gasteiger partial charge in [-0.3, -0.25) is 0 Å². The third-order valence-corrected chi connectivity index (χ3v) is 20.0. The number of hydrogen-bond acceptors (Lipinski definition) is 1. The molecule has 1 unspecified atom stereocenters. The molecule has 1 aromatic carbocycles. The summed E-state index contributed by atoms with van der Waals surface area (Å²) in [6, 6.07) is 10.6. The third-order valence-electron chi connectivity index (χ3n) is 5.90. The van der Waals surface area contributed by atoms with Crippen LogP contribution in [0.1, 0.15) is 91.0 Å². The third kappa shape index (κ3) is 11.0. The molecule has 0 aliphatic rings. The molecule has 0 bridgehead atoms. The van der Waals surface area contributed by atoms with E-state index in [0.717, 1.165) is 13.0 Å². The zero-order chi connectivity index (χ0) is 20.5. The average molecular weight is 493 g/mol. The summed E-state index contributed by atoms with van der Waals surface area (Å²) in [7, 11) is 0. The summed E-state index contributed by atoms with van der Waals surface area (Å²) >= 11 is -2.20. The van der Waals surface area contributed by atoms with E-state index in [-0.39, 0.29) is 0 Å². The van der Waals surface area contributed by atoms with Gasteiger partial charge in [0.2, 0.25) is 0 Å². The first-order valence-electron chi connectivity index (χ1n) is 12.0. The van der Waals surface area contributed by atoms with Crippen LogP contribution in [-0.2, 0) is 11.3 Å². The van der Waals surface area contributed by atoms with Crippen LogP contribution in [0, 0.1) is 0 Å². The molecular weight excluding hydrogens is 447 g/mol. The van der Waals surface area contributed by atoms with Crippen molar-refractivity contribution in [3.8, 4) is 0 Å². The van der Waals surface area contributed by atoms with Gasteiger partial charge in [-0.15, -0.1) is 0 Å². The van der Waals surface area contributed by atoms with Gasteiger partial charge in [0.1, 0.15) is 0 Å². The average Bonchev–Trinajstić information content (AvgIpc) is 2.74. The predicted octanol–water partition coefficient (Wildman–Crippen LogP) is 8.71. The normalized spacial score (nSPS) is 13.3.